The molecule has 0 aliphatic carbocycles. The molecule has 7 heteroatoms. The Labute approximate surface area is 114 Å². The molecule has 0 unspecified atom stereocenters. The lowest BCUT2D eigenvalue weighted by molar-refractivity contribution is -0.118. The van der Waals surface area contributed by atoms with Crippen molar-refractivity contribution in [3.63, 3.8) is 0 Å². The summed E-state index contributed by atoms with van der Waals surface area (Å²) in [6, 6.07) is 0. The molecule has 0 atom stereocenters. The Morgan fingerprint density at radius 1 is 1.50 bits per heavy atom. The van der Waals surface area contributed by atoms with E-state index in [1.807, 2.05) is 0 Å². The number of aromatic nitrogens is 1. The van der Waals surface area contributed by atoms with Crippen LogP contribution in [-0.4, -0.2) is 34.3 Å². The molecule has 1 aromatic rings. The van der Waals surface area contributed by atoms with Crippen LogP contribution < -0.4 is 5.32 Å². The number of carboxylic acid groups (broad SMARTS) is 1. The van der Waals surface area contributed by atoms with E-state index in [4.69, 9.17) is 5.11 Å². The molecule has 0 fully saturated rings. The normalized spacial score (nSPS) is 10.3. The number of aryl methyl sites for hydroxylation is 1. The molecule has 1 heterocycles. The van der Waals surface area contributed by atoms with Crippen LogP contribution in [0.25, 0.3) is 0 Å². The minimum atomic E-state index is -0.968. The maximum absolute atomic E-state index is 11.4. The molecule has 5 nitrogen and oxygen atoms in total. The number of hydrogen-bond donors (Lipinski definition) is 2. The molecule has 0 spiro atoms. The summed E-state index contributed by atoms with van der Waals surface area (Å²) in [6.07, 6.45) is 2.01. The van der Waals surface area contributed by atoms with Gasteiger partial charge in [-0.25, -0.2) is 9.78 Å². The standard InChI is InChI=1S/C11H16N2O3S2/c1-3-4-5-12-8(14)6-17-11-13-7(2)9(18-11)10(15)16/h3-6H2,1-2H3,(H,12,14)(H,15,16). The third-order valence-electron chi connectivity index (χ3n) is 2.15. The predicted octanol–water partition coefficient (Wildman–Crippen LogP) is 2.16. The number of nitrogens with one attached hydrogen (secondary N) is 1. The van der Waals surface area contributed by atoms with E-state index >= 15 is 0 Å². The van der Waals surface area contributed by atoms with E-state index in [0.717, 1.165) is 24.2 Å². The smallest absolute Gasteiger partial charge is 0.347 e. The Morgan fingerprint density at radius 2 is 2.22 bits per heavy atom. The van der Waals surface area contributed by atoms with Gasteiger partial charge in [0.25, 0.3) is 0 Å². The van der Waals surface area contributed by atoms with Gasteiger partial charge in [0.1, 0.15) is 4.88 Å². The lowest BCUT2D eigenvalue weighted by Crippen LogP contribution is -2.25. The molecule has 0 saturated heterocycles. The Morgan fingerprint density at radius 3 is 2.78 bits per heavy atom. The highest BCUT2D eigenvalue weighted by Gasteiger charge is 2.14. The molecule has 1 amide bonds. The van der Waals surface area contributed by atoms with Crippen LogP contribution in [0.2, 0.25) is 0 Å². The number of thiazole rings is 1. The summed E-state index contributed by atoms with van der Waals surface area (Å²) >= 11 is 2.38. The monoisotopic (exact) mass is 288 g/mol. The highest BCUT2D eigenvalue weighted by molar-refractivity contribution is 8.01. The molecular weight excluding hydrogens is 272 g/mol. The lowest BCUT2D eigenvalue weighted by Gasteiger charge is -2.02. The summed E-state index contributed by atoms with van der Waals surface area (Å²) in [5, 5.41) is 11.7. The van der Waals surface area contributed by atoms with E-state index in [1.165, 1.54) is 11.8 Å². The average molecular weight is 288 g/mol. The van der Waals surface area contributed by atoms with Crippen LogP contribution in [-0.2, 0) is 4.79 Å². The summed E-state index contributed by atoms with van der Waals surface area (Å²) < 4.78 is 0.621. The van der Waals surface area contributed by atoms with E-state index in [-0.39, 0.29) is 16.5 Å². The molecule has 1 aromatic heterocycles. The van der Waals surface area contributed by atoms with Crippen molar-refractivity contribution in [1.82, 2.24) is 10.3 Å². The zero-order chi connectivity index (χ0) is 13.5. The number of hydrogen-bond acceptors (Lipinski definition) is 5. The average Bonchev–Trinajstić information content (AvgIpc) is 2.68. The van der Waals surface area contributed by atoms with E-state index in [9.17, 15) is 9.59 Å². The highest BCUT2D eigenvalue weighted by atomic mass is 32.2. The van der Waals surface area contributed by atoms with E-state index in [0.29, 0.717) is 16.6 Å². The fourth-order valence-electron chi connectivity index (χ4n) is 1.21. The van der Waals surface area contributed by atoms with Crippen molar-refractivity contribution in [3.8, 4) is 0 Å². The molecule has 0 radical (unpaired) electrons. The summed E-state index contributed by atoms with van der Waals surface area (Å²) in [6.45, 7) is 4.41. The summed E-state index contributed by atoms with van der Waals surface area (Å²) in [7, 11) is 0. The van der Waals surface area contributed by atoms with Crippen molar-refractivity contribution in [3.05, 3.63) is 10.6 Å². The molecule has 0 bridgehead atoms. The van der Waals surface area contributed by atoms with E-state index < -0.39 is 5.97 Å². The maximum atomic E-state index is 11.4. The summed E-state index contributed by atoms with van der Waals surface area (Å²) in [5.74, 6) is -0.738. The first-order chi connectivity index (χ1) is 8.54. The largest absolute Gasteiger partial charge is 0.477 e. The van der Waals surface area contributed by atoms with Gasteiger partial charge in [-0.05, 0) is 13.3 Å². The Hall–Kier alpha value is -1.08. The van der Waals surface area contributed by atoms with Crippen molar-refractivity contribution in [1.29, 1.82) is 0 Å². The highest BCUT2D eigenvalue weighted by Crippen LogP contribution is 2.26. The third kappa shape index (κ3) is 4.66. The zero-order valence-corrected chi connectivity index (χ0v) is 12.0. The summed E-state index contributed by atoms with van der Waals surface area (Å²) in [5.41, 5.74) is 0.501. The number of carbonyl (C=O) groups excluding carboxylic acids is 1. The topological polar surface area (TPSA) is 79.3 Å². The number of unbranched alkanes of at least 4 members (excludes halogenated alkanes) is 1. The number of amides is 1. The summed E-state index contributed by atoms with van der Waals surface area (Å²) in [4.78, 5) is 26.6. The SMILES string of the molecule is CCCCNC(=O)CSc1nc(C)c(C(=O)O)s1. The quantitative estimate of drug-likeness (QED) is 0.593. The van der Waals surface area contributed by atoms with Crippen LogP contribution in [0.15, 0.2) is 4.34 Å². The van der Waals surface area contributed by atoms with Crippen molar-refractivity contribution in [2.24, 2.45) is 0 Å². The van der Waals surface area contributed by atoms with Gasteiger partial charge in [0, 0.05) is 6.54 Å². The minimum absolute atomic E-state index is 0.0434. The predicted molar refractivity (Wildman–Crippen MR) is 72.5 cm³/mol. The Kier molecular flexibility index (Phi) is 6.14. The van der Waals surface area contributed by atoms with Crippen LogP contribution in [0.1, 0.15) is 35.1 Å². The van der Waals surface area contributed by atoms with Crippen molar-refractivity contribution >= 4 is 35.0 Å². The van der Waals surface area contributed by atoms with Gasteiger partial charge in [-0.2, -0.15) is 0 Å². The molecule has 100 valence electrons. The number of nitrogens with zero attached hydrogens (tertiary/aromatic N) is 1. The number of aromatic carboxylic acids is 1. The second kappa shape index (κ2) is 7.38. The van der Waals surface area contributed by atoms with Crippen LogP contribution in [0.3, 0.4) is 0 Å². The zero-order valence-electron chi connectivity index (χ0n) is 10.4. The number of carboxylic acids is 1. The first-order valence-corrected chi connectivity index (χ1v) is 7.45. The van der Waals surface area contributed by atoms with Gasteiger partial charge < -0.3 is 10.4 Å². The fourth-order valence-corrected chi connectivity index (χ4v) is 3.07. The Bertz CT molecular complexity index is 432. The van der Waals surface area contributed by atoms with Crippen molar-refractivity contribution in [2.75, 3.05) is 12.3 Å². The van der Waals surface area contributed by atoms with E-state index in [1.54, 1.807) is 6.92 Å². The van der Waals surface area contributed by atoms with Gasteiger partial charge >= 0.3 is 5.97 Å². The number of carbonyl (C=O) groups is 2. The van der Waals surface area contributed by atoms with Crippen molar-refractivity contribution in [2.45, 2.75) is 31.0 Å². The first kappa shape index (κ1) is 15.0. The second-order valence-corrected chi connectivity index (χ2v) is 5.91. The van der Waals surface area contributed by atoms with Gasteiger partial charge in [-0.1, -0.05) is 25.1 Å². The van der Waals surface area contributed by atoms with Crippen molar-refractivity contribution < 1.29 is 14.7 Å². The molecule has 0 saturated carbocycles. The Balaban J connectivity index is 2.41. The maximum Gasteiger partial charge on any atom is 0.347 e. The van der Waals surface area contributed by atoms with E-state index in [2.05, 4.69) is 17.2 Å². The molecule has 18 heavy (non-hydrogen) atoms. The van der Waals surface area contributed by atoms with Crippen LogP contribution >= 0.6 is 23.1 Å². The molecule has 0 aliphatic rings. The molecule has 0 aromatic carbocycles. The van der Waals surface area contributed by atoms with Gasteiger partial charge in [0.2, 0.25) is 5.91 Å². The van der Waals surface area contributed by atoms with Crippen LogP contribution in [0, 0.1) is 6.92 Å². The molecule has 0 aliphatic heterocycles. The number of thioether (sulfide) groups is 1. The molecular formula is C11H16N2O3S2. The minimum Gasteiger partial charge on any atom is -0.477 e. The van der Waals surface area contributed by atoms with Crippen LogP contribution in [0.5, 0.6) is 0 Å². The second-order valence-electron chi connectivity index (χ2n) is 3.69. The fraction of sp³-hybridized carbons (Fsp3) is 0.545. The molecule has 1 rings (SSSR count). The van der Waals surface area contributed by atoms with Crippen LogP contribution in [0.4, 0.5) is 0 Å². The lowest BCUT2D eigenvalue weighted by atomic mass is 10.3. The van der Waals surface area contributed by atoms with Gasteiger partial charge in [-0.3, -0.25) is 4.79 Å². The number of rotatable bonds is 7. The van der Waals surface area contributed by atoms with Gasteiger partial charge in [0.15, 0.2) is 4.34 Å². The van der Waals surface area contributed by atoms with Gasteiger partial charge in [-0.15, -0.1) is 11.3 Å². The third-order valence-corrected chi connectivity index (χ3v) is 4.44. The van der Waals surface area contributed by atoms with Gasteiger partial charge in [0.05, 0.1) is 11.4 Å². The first-order valence-electron chi connectivity index (χ1n) is 5.64. The molecule has 2 N–H and O–H groups in total.